The predicted molar refractivity (Wildman–Crippen MR) is 63.9 cm³/mol. The molecule has 14 heavy (non-hydrogen) atoms. The summed E-state index contributed by atoms with van der Waals surface area (Å²) in [5, 5.41) is 1.13. The van der Waals surface area contributed by atoms with E-state index in [2.05, 4.69) is 22.9 Å². The molecule has 0 amide bonds. The minimum atomic E-state index is 0.388. The second kappa shape index (κ2) is 11.5. The molecule has 1 unspecified atom stereocenters. The van der Waals surface area contributed by atoms with Gasteiger partial charge in [0, 0.05) is 12.4 Å². The maximum absolute atomic E-state index is 5.52. The molecule has 0 saturated heterocycles. The normalized spacial score (nSPS) is 13.1. The Labute approximate surface area is 96.5 Å². The number of ether oxygens (including phenoxy) is 2. The van der Waals surface area contributed by atoms with Gasteiger partial charge in [0.05, 0.1) is 6.10 Å². The molecule has 1 atom stereocenters. The monoisotopic (exact) mass is 266 g/mol. The van der Waals surface area contributed by atoms with Crippen LogP contribution in [-0.4, -0.2) is 25.3 Å². The molecule has 0 rings (SSSR count). The fraction of sp³-hybridized carbons (Fsp3) is 1.00. The van der Waals surface area contributed by atoms with Crippen molar-refractivity contribution in [3.8, 4) is 0 Å². The molecule has 0 heterocycles. The molecule has 0 aromatic carbocycles. The van der Waals surface area contributed by atoms with Crippen molar-refractivity contribution in [3.05, 3.63) is 0 Å². The Hall–Kier alpha value is 0.400. The average Bonchev–Trinajstić information content (AvgIpc) is 2.22. The Kier molecular flexibility index (Phi) is 11.8. The van der Waals surface area contributed by atoms with Crippen molar-refractivity contribution < 1.29 is 9.47 Å². The van der Waals surface area contributed by atoms with Crippen molar-refractivity contribution in [1.29, 1.82) is 0 Å². The van der Waals surface area contributed by atoms with Crippen molar-refractivity contribution in [2.24, 2.45) is 0 Å². The van der Waals surface area contributed by atoms with Crippen LogP contribution in [0.1, 0.15) is 45.4 Å². The lowest BCUT2D eigenvalue weighted by Gasteiger charge is -2.14. The number of methoxy groups -OCH3 is 1. The third kappa shape index (κ3) is 8.97. The SMILES string of the molecule is CCC(CCCCCCBr)OCOC. The lowest BCUT2D eigenvalue weighted by atomic mass is 10.1. The van der Waals surface area contributed by atoms with Crippen LogP contribution in [0.4, 0.5) is 0 Å². The van der Waals surface area contributed by atoms with Crippen LogP contribution in [0.3, 0.4) is 0 Å². The summed E-state index contributed by atoms with van der Waals surface area (Å²) in [6.45, 7) is 2.60. The van der Waals surface area contributed by atoms with Gasteiger partial charge in [-0.15, -0.1) is 0 Å². The molecule has 0 N–H and O–H groups in total. The van der Waals surface area contributed by atoms with Crippen molar-refractivity contribution in [3.63, 3.8) is 0 Å². The standard InChI is InChI=1S/C11H23BrO2/c1-3-11(14-10-13-2)8-6-4-5-7-9-12/h11H,3-10H2,1-2H3. The molecule has 0 spiro atoms. The Bertz CT molecular complexity index is 109. The van der Waals surface area contributed by atoms with Gasteiger partial charge in [0.2, 0.25) is 0 Å². The molecule has 0 aliphatic rings. The second-order valence-electron chi connectivity index (χ2n) is 3.50. The number of alkyl halides is 1. The van der Waals surface area contributed by atoms with Crippen LogP contribution in [0.5, 0.6) is 0 Å². The summed E-state index contributed by atoms with van der Waals surface area (Å²) in [5.41, 5.74) is 0. The quantitative estimate of drug-likeness (QED) is 0.341. The minimum absolute atomic E-state index is 0.388. The van der Waals surface area contributed by atoms with Gasteiger partial charge >= 0.3 is 0 Å². The first-order valence-electron chi connectivity index (χ1n) is 5.51. The molecular formula is C11H23BrO2. The Balaban J connectivity index is 3.24. The molecule has 0 radical (unpaired) electrons. The molecule has 0 aliphatic carbocycles. The summed E-state index contributed by atoms with van der Waals surface area (Å²) in [7, 11) is 1.67. The summed E-state index contributed by atoms with van der Waals surface area (Å²) < 4.78 is 10.4. The molecule has 0 aromatic heterocycles. The van der Waals surface area contributed by atoms with Gasteiger partial charge in [0.15, 0.2) is 0 Å². The molecule has 0 bridgehead atoms. The van der Waals surface area contributed by atoms with E-state index in [9.17, 15) is 0 Å². The highest BCUT2D eigenvalue weighted by Crippen LogP contribution is 2.11. The van der Waals surface area contributed by atoms with Gasteiger partial charge < -0.3 is 9.47 Å². The van der Waals surface area contributed by atoms with Crippen LogP contribution in [0.2, 0.25) is 0 Å². The summed E-state index contributed by atoms with van der Waals surface area (Å²) in [6, 6.07) is 0. The van der Waals surface area contributed by atoms with Crippen molar-refractivity contribution in [2.75, 3.05) is 19.2 Å². The van der Waals surface area contributed by atoms with Gasteiger partial charge in [-0.25, -0.2) is 0 Å². The highest BCUT2D eigenvalue weighted by molar-refractivity contribution is 9.09. The molecule has 86 valence electrons. The van der Waals surface area contributed by atoms with E-state index in [4.69, 9.17) is 9.47 Å². The van der Waals surface area contributed by atoms with E-state index in [1.165, 1.54) is 32.1 Å². The predicted octanol–water partition coefficient (Wildman–Crippen LogP) is 3.73. The lowest BCUT2D eigenvalue weighted by molar-refractivity contribution is -0.0754. The van der Waals surface area contributed by atoms with Gasteiger partial charge in [0.1, 0.15) is 6.79 Å². The summed E-state index contributed by atoms with van der Waals surface area (Å²) >= 11 is 3.44. The molecule has 0 aliphatic heterocycles. The number of hydrogen-bond acceptors (Lipinski definition) is 2. The van der Waals surface area contributed by atoms with Crippen LogP contribution in [0, 0.1) is 0 Å². The molecule has 0 fully saturated rings. The molecule has 2 nitrogen and oxygen atoms in total. The number of hydrogen-bond donors (Lipinski definition) is 0. The lowest BCUT2D eigenvalue weighted by Crippen LogP contribution is -2.13. The van der Waals surface area contributed by atoms with Crippen LogP contribution in [-0.2, 0) is 9.47 Å². The summed E-state index contributed by atoms with van der Waals surface area (Å²) in [4.78, 5) is 0. The van der Waals surface area contributed by atoms with Gasteiger partial charge in [-0.05, 0) is 19.3 Å². The number of rotatable bonds is 10. The highest BCUT2D eigenvalue weighted by Gasteiger charge is 2.05. The van der Waals surface area contributed by atoms with Crippen LogP contribution in [0.25, 0.3) is 0 Å². The van der Waals surface area contributed by atoms with Crippen LogP contribution in [0.15, 0.2) is 0 Å². The van der Waals surface area contributed by atoms with E-state index in [-0.39, 0.29) is 0 Å². The Morgan fingerprint density at radius 3 is 2.43 bits per heavy atom. The highest BCUT2D eigenvalue weighted by atomic mass is 79.9. The average molecular weight is 267 g/mol. The van der Waals surface area contributed by atoms with E-state index >= 15 is 0 Å². The van der Waals surface area contributed by atoms with Gasteiger partial charge in [-0.1, -0.05) is 42.1 Å². The fourth-order valence-corrected chi connectivity index (χ4v) is 1.79. The molecule has 0 aromatic rings. The van der Waals surface area contributed by atoms with E-state index < -0.39 is 0 Å². The van der Waals surface area contributed by atoms with Gasteiger partial charge in [0.25, 0.3) is 0 Å². The fourth-order valence-electron chi connectivity index (χ4n) is 1.39. The number of halogens is 1. The van der Waals surface area contributed by atoms with E-state index in [0.717, 1.165) is 11.8 Å². The van der Waals surface area contributed by atoms with Crippen molar-refractivity contribution >= 4 is 15.9 Å². The maximum atomic E-state index is 5.52. The van der Waals surface area contributed by atoms with Gasteiger partial charge in [-0.2, -0.15) is 0 Å². The Morgan fingerprint density at radius 1 is 1.14 bits per heavy atom. The third-order valence-electron chi connectivity index (χ3n) is 2.29. The third-order valence-corrected chi connectivity index (χ3v) is 2.85. The zero-order valence-corrected chi connectivity index (χ0v) is 11.0. The second-order valence-corrected chi connectivity index (χ2v) is 4.29. The molecule has 3 heteroatoms. The molecular weight excluding hydrogens is 244 g/mol. The largest absolute Gasteiger partial charge is 0.359 e. The minimum Gasteiger partial charge on any atom is -0.359 e. The zero-order valence-electron chi connectivity index (χ0n) is 9.43. The first kappa shape index (κ1) is 14.4. The molecule has 0 saturated carbocycles. The first-order valence-corrected chi connectivity index (χ1v) is 6.63. The van der Waals surface area contributed by atoms with E-state index in [1.54, 1.807) is 7.11 Å². The smallest absolute Gasteiger partial charge is 0.146 e. The Morgan fingerprint density at radius 2 is 1.86 bits per heavy atom. The van der Waals surface area contributed by atoms with Crippen molar-refractivity contribution in [2.45, 2.75) is 51.6 Å². The summed E-state index contributed by atoms with van der Waals surface area (Å²) in [6.07, 6.45) is 7.85. The number of unbranched alkanes of at least 4 members (excludes halogenated alkanes) is 3. The van der Waals surface area contributed by atoms with Crippen molar-refractivity contribution in [1.82, 2.24) is 0 Å². The zero-order chi connectivity index (χ0) is 10.6. The topological polar surface area (TPSA) is 18.5 Å². The van der Waals surface area contributed by atoms with Crippen LogP contribution >= 0.6 is 15.9 Å². The van der Waals surface area contributed by atoms with E-state index in [1.807, 2.05) is 0 Å². The summed E-state index contributed by atoms with van der Waals surface area (Å²) in [5.74, 6) is 0. The van der Waals surface area contributed by atoms with Crippen LogP contribution < -0.4 is 0 Å². The van der Waals surface area contributed by atoms with E-state index in [0.29, 0.717) is 12.9 Å². The maximum Gasteiger partial charge on any atom is 0.146 e. The van der Waals surface area contributed by atoms with Gasteiger partial charge in [-0.3, -0.25) is 0 Å². The first-order chi connectivity index (χ1) is 6.85.